The number of aromatic nitrogens is 5. The molecule has 2 aliphatic heterocycles. The molecule has 37 heavy (non-hydrogen) atoms. The summed E-state index contributed by atoms with van der Waals surface area (Å²) in [6.07, 6.45) is 0. The van der Waals surface area contributed by atoms with Crippen LogP contribution < -0.4 is 11.1 Å². The highest BCUT2D eigenvalue weighted by atomic mass is 32.2. The first kappa shape index (κ1) is 26.4. The number of oxime groups is 1. The number of carboxylic acids is 1. The van der Waals surface area contributed by atoms with Crippen LogP contribution in [-0.4, -0.2) is 102 Å². The molecule has 16 nitrogen and oxygen atoms in total. The van der Waals surface area contributed by atoms with Gasteiger partial charge < -0.3 is 25.7 Å². The SMILES string of the molecule is CO/N=C(/C(=O)NC1C(=O)N2C(C(=O)O)=C(CSc3nnnn3CC(=O)OC)CS[C@H]12)c1csc(N)n1. The molecule has 196 valence electrons. The zero-order valence-corrected chi connectivity index (χ0v) is 21.6. The first-order valence-electron chi connectivity index (χ1n) is 10.2. The fourth-order valence-electron chi connectivity index (χ4n) is 3.43. The van der Waals surface area contributed by atoms with Gasteiger partial charge >= 0.3 is 11.9 Å². The summed E-state index contributed by atoms with van der Waals surface area (Å²) >= 11 is 3.52. The first-order chi connectivity index (χ1) is 17.7. The fourth-order valence-corrected chi connectivity index (χ4v) is 6.34. The minimum absolute atomic E-state index is 0.152. The van der Waals surface area contributed by atoms with Crippen LogP contribution >= 0.6 is 34.9 Å². The van der Waals surface area contributed by atoms with E-state index in [1.807, 2.05) is 0 Å². The highest BCUT2D eigenvalue weighted by Gasteiger charge is 2.54. The molecule has 2 aliphatic rings. The minimum atomic E-state index is -1.28. The molecule has 4 N–H and O–H groups in total. The quantitative estimate of drug-likeness (QED) is 0.100. The van der Waals surface area contributed by atoms with Crippen LogP contribution in [0, 0.1) is 0 Å². The summed E-state index contributed by atoms with van der Waals surface area (Å²) in [5.41, 5.74) is 5.94. The van der Waals surface area contributed by atoms with Crippen LogP contribution in [0.25, 0.3) is 0 Å². The molecule has 2 aromatic heterocycles. The van der Waals surface area contributed by atoms with Crippen molar-refractivity contribution >= 4 is 69.5 Å². The Labute approximate surface area is 220 Å². The Morgan fingerprint density at radius 3 is 2.81 bits per heavy atom. The van der Waals surface area contributed by atoms with Gasteiger partial charge in [0.1, 0.15) is 36.5 Å². The van der Waals surface area contributed by atoms with Crippen molar-refractivity contribution in [2.24, 2.45) is 5.16 Å². The predicted molar refractivity (Wildman–Crippen MR) is 130 cm³/mol. The highest BCUT2D eigenvalue weighted by Crippen LogP contribution is 2.41. The smallest absolute Gasteiger partial charge is 0.352 e. The number of carbonyl (C=O) groups is 4. The second-order valence-electron chi connectivity index (χ2n) is 7.30. The van der Waals surface area contributed by atoms with E-state index in [0.717, 1.165) is 28.0 Å². The van der Waals surface area contributed by atoms with Crippen LogP contribution in [0.4, 0.5) is 5.13 Å². The molecule has 4 rings (SSSR count). The zero-order chi connectivity index (χ0) is 26.7. The Morgan fingerprint density at radius 1 is 1.38 bits per heavy atom. The molecule has 0 aromatic carbocycles. The Balaban J connectivity index is 1.47. The summed E-state index contributed by atoms with van der Waals surface area (Å²) in [5, 5.41) is 28.6. The molecule has 0 saturated carbocycles. The molecule has 0 radical (unpaired) electrons. The maximum atomic E-state index is 13.0. The number of ether oxygens (including phenoxy) is 1. The van der Waals surface area contributed by atoms with Crippen molar-refractivity contribution < 1.29 is 33.9 Å². The topological polar surface area (TPSA) is 217 Å². The Morgan fingerprint density at radius 2 is 2.16 bits per heavy atom. The van der Waals surface area contributed by atoms with Crippen molar-refractivity contribution in [1.82, 2.24) is 35.4 Å². The van der Waals surface area contributed by atoms with Gasteiger partial charge in [-0.25, -0.2) is 14.5 Å². The van der Waals surface area contributed by atoms with Gasteiger partial charge in [0.25, 0.3) is 11.8 Å². The van der Waals surface area contributed by atoms with Gasteiger partial charge in [-0.1, -0.05) is 16.9 Å². The number of nitrogens with one attached hydrogen (secondary N) is 1. The Bertz CT molecular complexity index is 1310. The summed E-state index contributed by atoms with van der Waals surface area (Å²) in [6.45, 7) is -0.207. The summed E-state index contributed by atoms with van der Waals surface area (Å²) in [6, 6.07) is -0.980. The van der Waals surface area contributed by atoms with E-state index in [1.165, 1.54) is 36.0 Å². The lowest BCUT2D eigenvalue weighted by Gasteiger charge is -2.49. The van der Waals surface area contributed by atoms with Crippen molar-refractivity contribution in [3.8, 4) is 0 Å². The van der Waals surface area contributed by atoms with Gasteiger partial charge in [0.2, 0.25) is 5.16 Å². The monoisotopic (exact) mass is 569 g/mol. The van der Waals surface area contributed by atoms with Gasteiger partial charge in [0.05, 0.1) is 7.11 Å². The van der Waals surface area contributed by atoms with E-state index in [1.54, 1.807) is 0 Å². The number of esters is 1. The standard InChI is InChI=1S/C18H19N9O7S3/c1-33-9(28)3-26-18(22-24-25-26)37-5-7-4-35-15-11(14(30)27(15)12(7)16(31)32)21-13(29)10(23-34-2)8-6-36-17(19)20-8/h6,11,15H,3-5H2,1-2H3,(H2,19,20)(H,21,29)(H,31,32)/b23-10+/t11?,15-/m1/s1. The van der Waals surface area contributed by atoms with Gasteiger partial charge in [-0.3, -0.25) is 19.3 Å². The fraction of sp³-hybridized carbons (Fsp3) is 0.389. The average Bonchev–Trinajstić information content (AvgIpc) is 3.51. The molecule has 2 aromatic rings. The van der Waals surface area contributed by atoms with Crippen LogP contribution in [0.2, 0.25) is 0 Å². The van der Waals surface area contributed by atoms with E-state index >= 15 is 0 Å². The number of aliphatic carboxylic acids is 1. The molecule has 0 aliphatic carbocycles. The zero-order valence-electron chi connectivity index (χ0n) is 19.2. The summed E-state index contributed by atoms with van der Waals surface area (Å²) in [4.78, 5) is 59.3. The van der Waals surface area contributed by atoms with Gasteiger partial charge in [0, 0.05) is 16.9 Å². The number of fused-ring (bicyclic) bond motifs is 1. The number of hydrogen-bond donors (Lipinski definition) is 3. The number of carbonyl (C=O) groups excluding carboxylic acids is 3. The number of hydrogen-bond acceptors (Lipinski definition) is 15. The number of β-lactam (4-membered cyclic amide) rings is 1. The molecule has 0 bridgehead atoms. The van der Waals surface area contributed by atoms with Crippen molar-refractivity contribution in [2.75, 3.05) is 31.5 Å². The molecule has 4 heterocycles. The number of carboxylic acid groups (broad SMARTS) is 1. The van der Waals surface area contributed by atoms with E-state index < -0.39 is 35.2 Å². The Hall–Kier alpha value is -3.71. The second kappa shape index (κ2) is 11.1. The number of anilines is 1. The molecule has 0 spiro atoms. The van der Waals surface area contributed by atoms with Crippen LogP contribution in [0.5, 0.6) is 0 Å². The number of methoxy groups -OCH3 is 1. The maximum absolute atomic E-state index is 13.0. The lowest BCUT2D eigenvalue weighted by Crippen LogP contribution is -2.71. The Kier molecular flexibility index (Phi) is 7.93. The maximum Gasteiger partial charge on any atom is 0.352 e. The number of thiazole rings is 1. The van der Waals surface area contributed by atoms with E-state index in [9.17, 15) is 24.3 Å². The summed E-state index contributed by atoms with van der Waals surface area (Å²) < 4.78 is 5.83. The number of thioether (sulfide) groups is 2. The van der Waals surface area contributed by atoms with Crippen molar-refractivity contribution in [3.63, 3.8) is 0 Å². The van der Waals surface area contributed by atoms with Crippen LogP contribution in [-0.2, 0) is 35.3 Å². The van der Waals surface area contributed by atoms with E-state index in [4.69, 9.17) is 10.6 Å². The lowest BCUT2D eigenvalue weighted by molar-refractivity contribution is -0.150. The van der Waals surface area contributed by atoms with Crippen molar-refractivity contribution in [1.29, 1.82) is 0 Å². The van der Waals surface area contributed by atoms with Gasteiger partial charge in [0.15, 0.2) is 10.8 Å². The van der Waals surface area contributed by atoms with Crippen molar-refractivity contribution in [2.45, 2.75) is 23.1 Å². The molecule has 2 amide bonds. The van der Waals surface area contributed by atoms with Gasteiger partial charge in [-0.2, -0.15) is 0 Å². The number of nitrogens with zero attached hydrogens (tertiary/aromatic N) is 7. The van der Waals surface area contributed by atoms with E-state index in [0.29, 0.717) is 5.57 Å². The van der Waals surface area contributed by atoms with Crippen LogP contribution in [0.3, 0.4) is 0 Å². The number of nitrogen functional groups attached to an aromatic ring is 1. The summed E-state index contributed by atoms with van der Waals surface area (Å²) in [7, 11) is 2.49. The normalized spacial score (nSPS) is 19.2. The number of rotatable bonds is 10. The molecule has 1 fully saturated rings. The molecular weight excluding hydrogens is 550 g/mol. The number of tetrazole rings is 1. The molecule has 19 heteroatoms. The minimum Gasteiger partial charge on any atom is -0.477 e. The largest absolute Gasteiger partial charge is 0.477 e. The van der Waals surface area contributed by atoms with E-state index in [2.05, 4.69) is 35.7 Å². The third kappa shape index (κ3) is 5.37. The van der Waals surface area contributed by atoms with Crippen LogP contribution in [0.1, 0.15) is 5.69 Å². The number of amides is 2. The second-order valence-corrected chi connectivity index (χ2v) is 10.2. The van der Waals surface area contributed by atoms with Crippen LogP contribution in [0.15, 0.2) is 27.0 Å². The predicted octanol–water partition coefficient (Wildman–Crippen LogP) is -1.23. The van der Waals surface area contributed by atoms with Gasteiger partial charge in [-0.15, -0.1) is 28.2 Å². The molecule has 1 saturated heterocycles. The third-order valence-electron chi connectivity index (χ3n) is 5.08. The molecular formula is C18H19N9O7S3. The van der Waals surface area contributed by atoms with E-state index in [-0.39, 0.29) is 45.4 Å². The highest BCUT2D eigenvalue weighted by molar-refractivity contribution is 8.01. The van der Waals surface area contributed by atoms with Crippen molar-refractivity contribution in [3.05, 3.63) is 22.3 Å². The average molecular weight is 570 g/mol. The third-order valence-corrected chi connectivity index (χ3v) is 8.14. The first-order valence-corrected chi connectivity index (χ1v) is 13.2. The molecule has 2 atom stereocenters. The summed E-state index contributed by atoms with van der Waals surface area (Å²) in [5.74, 6) is -2.71. The van der Waals surface area contributed by atoms with Gasteiger partial charge in [-0.05, 0) is 16.0 Å². The molecule has 1 unspecified atom stereocenters. The lowest BCUT2D eigenvalue weighted by atomic mass is 10.0. The number of nitrogens with two attached hydrogens (primary N) is 1.